The van der Waals surface area contributed by atoms with Crippen molar-refractivity contribution in [3.05, 3.63) is 29.8 Å². The highest BCUT2D eigenvalue weighted by Crippen LogP contribution is 2.40. The maximum atomic E-state index is 13.2. The molecule has 3 atom stereocenters. The number of anilines is 1. The van der Waals surface area contributed by atoms with Gasteiger partial charge in [0.25, 0.3) is 5.91 Å². The second-order valence-electron chi connectivity index (χ2n) is 7.71. The number of hydrogen-bond acceptors (Lipinski definition) is 4. The summed E-state index contributed by atoms with van der Waals surface area (Å²) in [7, 11) is -3.33. The zero-order valence-corrected chi connectivity index (χ0v) is 15.9. The van der Waals surface area contributed by atoms with E-state index in [9.17, 15) is 23.1 Å². The number of hydrogen-bond donors (Lipinski definition) is 1. The first-order valence-corrected chi connectivity index (χ1v) is 11.2. The van der Waals surface area contributed by atoms with Gasteiger partial charge in [-0.1, -0.05) is 18.9 Å². The van der Waals surface area contributed by atoms with Crippen molar-refractivity contribution in [1.82, 2.24) is 4.90 Å². The topological polar surface area (TPSA) is 95.0 Å². The lowest BCUT2D eigenvalue weighted by Gasteiger charge is -2.33. The number of carbonyl (C=O) groups is 2. The van der Waals surface area contributed by atoms with Crippen LogP contribution in [0.5, 0.6) is 0 Å². The van der Waals surface area contributed by atoms with Crippen molar-refractivity contribution in [3.8, 4) is 0 Å². The zero-order chi connectivity index (χ0) is 19.2. The van der Waals surface area contributed by atoms with Gasteiger partial charge in [-0.2, -0.15) is 0 Å². The van der Waals surface area contributed by atoms with Crippen LogP contribution in [0.2, 0.25) is 0 Å². The van der Waals surface area contributed by atoms with Gasteiger partial charge < -0.3 is 10.0 Å². The number of sulfonamides is 1. The fraction of sp³-hybridized carbons (Fsp3) is 0.579. The Morgan fingerprint density at radius 1 is 1.11 bits per heavy atom. The van der Waals surface area contributed by atoms with Crippen LogP contribution >= 0.6 is 0 Å². The third-order valence-electron chi connectivity index (χ3n) is 6.09. The van der Waals surface area contributed by atoms with E-state index in [0.29, 0.717) is 30.6 Å². The number of carbonyl (C=O) groups excluding carboxylic acids is 1. The lowest BCUT2D eigenvalue weighted by Crippen LogP contribution is -2.46. The molecule has 3 unspecified atom stereocenters. The molecular formula is C19H24N2O5S. The molecule has 1 amide bonds. The van der Waals surface area contributed by atoms with Gasteiger partial charge in [-0.05, 0) is 49.8 Å². The van der Waals surface area contributed by atoms with E-state index in [0.717, 1.165) is 25.7 Å². The molecule has 0 bridgehead atoms. The van der Waals surface area contributed by atoms with Crippen LogP contribution in [0, 0.1) is 5.92 Å². The molecule has 146 valence electrons. The summed E-state index contributed by atoms with van der Waals surface area (Å²) < 4.78 is 25.7. The van der Waals surface area contributed by atoms with E-state index >= 15 is 0 Å². The Kier molecular flexibility index (Phi) is 4.61. The van der Waals surface area contributed by atoms with Gasteiger partial charge in [0.1, 0.15) is 6.04 Å². The minimum Gasteiger partial charge on any atom is -0.480 e. The third-order valence-corrected chi connectivity index (χ3v) is 7.96. The number of rotatable bonds is 3. The van der Waals surface area contributed by atoms with Crippen molar-refractivity contribution in [2.75, 3.05) is 16.6 Å². The Morgan fingerprint density at radius 3 is 2.59 bits per heavy atom. The maximum absolute atomic E-state index is 13.2. The monoisotopic (exact) mass is 392 g/mol. The predicted molar refractivity (Wildman–Crippen MR) is 100 cm³/mol. The Bertz CT molecular complexity index is 869. The molecule has 1 N–H and O–H groups in total. The normalized spacial score (nSPS) is 29.6. The molecule has 4 rings (SSSR count). The Morgan fingerprint density at radius 2 is 1.89 bits per heavy atom. The van der Waals surface area contributed by atoms with E-state index in [2.05, 4.69) is 0 Å². The number of aliphatic carboxylic acids is 1. The number of likely N-dealkylation sites (tertiary alicyclic amines) is 1. The fourth-order valence-electron chi connectivity index (χ4n) is 4.85. The summed E-state index contributed by atoms with van der Waals surface area (Å²) in [6, 6.07) is 5.74. The predicted octanol–water partition coefficient (Wildman–Crippen LogP) is 2.08. The van der Waals surface area contributed by atoms with Crippen LogP contribution in [0.1, 0.15) is 48.9 Å². The van der Waals surface area contributed by atoms with Gasteiger partial charge in [0.15, 0.2) is 0 Å². The van der Waals surface area contributed by atoms with E-state index < -0.39 is 22.0 Å². The molecule has 3 fully saturated rings. The summed E-state index contributed by atoms with van der Waals surface area (Å²) in [6.07, 6.45) is 4.95. The van der Waals surface area contributed by atoms with Gasteiger partial charge >= 0.3 is 5.97 Å². The van der Waals surface area contributed by atoms with Gasteiger partial charge in [0.2, 0.25) is 10.0 Å². The van der Waals surface area contributed by atoms with Crippen LogP contribution in [-0.4, -0.2) is 54.7 Å². The van der Waals surface area contributed by atoms with Gasteiger partial charge in [-0.15, -0.1) is 0 Å². The van der Waals surface area contributed by atoms with E-state index in [-0.39, 0.29) is 23.6 Å². The van der Waals surface area contributed by atoms with Crippen LogP contribution < -0.4 is 4.31 Å². The molecule has 1 saturated carbocycles. The summed E-state index contributed by atoms with van der Waals surface area (Å²) in [5, 5.41) is 9.64. The second-order valence-corrected chi connectivity index (χ2v) is 9.72. The van der Waals surface area contributed by atoms with E-state index in [4.69, 9.17) is 0 Å². The van der Waals surface area contributed by atoms with Gasteiger partial charge in [-0.25, -0.2) is 13.2 Å². The maximum Gasteiger partial charge on any atom is 0.326 e. The van der Waals surface area contributed by atoms with Crippen molar-refractivity contribution in [2.24, 2.45) is 5.92 Å². The molecule has 2 aliphatic heterocycles. The minimum absolute atomic E-state index is 0.0356. The number of carboxylic acids is 1. The number of nitrogens with zero attached hydrogens (tertiary/aromatic N) is 2. The third kappa shape index (κ3) is 3.20. The quantitative estimate of drug-likeness (QED) is 0.850. The zero-order valence-electron chi connectivity index (χ0n) is 15.1. The summed E-state index contributed by atoms with van der Waals surface area (Å²) in [4.78, 5) is 26.6. The standard InChI is InChI=1S/C19H24N2O5S/c22-18(21-16-8-2-1-5-13(16)12-17(21)19(23)24)14-6-3-7-15(11-14)20-9-4-10-27(20,25)26/h3,6-7,11,13,16-17H,1-2,4-5,8-10,12H2,(H,23,24). The SMILES string of the molecule is O=C(O)C1CC2CCCCC2N1C(=O)c1cccc(N2CCCS2(=O)=O)c1. The second kappa shape index (κ2) is 6.82. The molecule has 2 saturated heterocycles. The smallest absolute Gasteiger partial charge is 0.326 e. The molecule has 0 radical (unpaired) electrons. The molecule has 3 aliphatic rings. The summed E-state index contributed by atoms with van der Waals surface area (Å²) >= 11 is 0. The Hall–Kier alpha value is -2.09. The summed E-state index contributed by atoms with van der Waals surface area (Å²) in [5.74, 6) is -0.917. The number of benzene rings is 1. The van der Waals surface area contributed by atoms with Crippen LogP contribution in [0.15, 0.2) is 24.3 Å². The molecule has 27 heavy (non-hydrogen) atoms. The van der Waals surface area contributed by atoms with E-state index in [1.54, 1.807) is 29.2 Å². The molecule has 1 aromatic rings. The summed E-state index contributed by atoms with van der Waals surface area (Å²) in [6.45, 7) is 0.409. The molecule has 0 spiro atoms. The average Bonchev–Trinajstić information content (AvgIpc) is 3.21. The first-order chi connectivity index (χ1) is 12.9. The molecular weight excluding hydrogens is 368 g/mol. The largest absolute Gasteiger partial charge is 0.480 e. The average molecular weight is 392 g/mol. The molecule has 8 heteroatoms. The molecule has 2 heterocycles. The van der Waals surface area contributed by atoms with E-state index in [1.807, 2.05) is 0 Å². The Balaban J connectivity index is 1.65. The van der Waals surface area contributed by atoms with Crippen molar-refractivity contribution in [3.63, 3.8) is 0 Å². The van der Waals surface area contributed by atoms with Gasteiger partial charge in [0.05, 0.1) is 11.4 Å². The van der Waals surface area contributed by atoms with E-state index in [1.165, 1.54) is 4.31 Å². The highest BCUT2D eigenvalue weighted by Gasteiger charge is 2.47. The van der Waals surface area contributed by atoms with Crippen molar-refractivity contribution in [1.29, 1.82) is 0 Å². The van der Waals surface area contributed by atoms with Crippen LogP contribution in [0.25, 0.3) is 0 Å². The highest BCUT2D eigenvalue weighted by atomic mass is 32.2. The van der Waals surface area contributed by atoms with Crippen molar-refractivity contribution < 1.29 is 23.1 Å². The van der Waals surface area contributed by atoms with Gasteiger partial charge in [0, 0.05) is 18.2 Å². The van der Waals surface area contributed by atoms with Crippen LogP contribution in [0.4, 0.5) is 5.69 Å². The first kappa shape index (κ1) is 18.3. The van der Waals surface area contributed by atoms with Crippen molar-refractivity contribution in [2.45, 2.75) is 50.6 Å². The summed E-state index contributed by atoms with van der Waals surface area (Å²) in [5.41, 5.74) is 0.830. The number of carboxylic acid groups (broad SMARTS) is 1. The van der Waals surface area contributed by atoms with Crippen molar-refractivity contribution >= 4 is 27.6 Å². The lowest BCUT2D eigenvalue weighted by molar-refractivity contribution is -0.141. The number of fused-ring (bicyclic) bond motifs is 1. The fourth-order valence-corrected chi connectivity index (χ4v) is 6.40. The minimum atomic E-state index is -3.33. The Labute approximate surface area is 159 Å². The lowest BCUT2D eigenvalue weighted by atomic mass is 9.84. The van der Waals surface area contributed by atoms with Crippen LogP contribution in [-0.2, 0) is 14.8 Å². The highest BCUT2D eigenvalue weighted by molar-refractivity contribution is 7.93. The van der Waals surface area contributed by atoms with Gasteiger partial charge in [-0.3, -0.25) is 9.10 Å². The molecule has 7 nitrogen and oxygen atoms in total. The first-order valence-electron chi connectivity index (χ1n) is 9.54. The molecule has 1 aliphatic carbocycles. The van der Waals surface area contributed by atoms with Crippen LogP contribution in [0.3, 0.4) is 0 Å². The number of amides is 1. The molecule has 0 aromatic heterocycles. The molecule has 1 aromatic carbocycles.